The molecule has 0 bridgehead atoms. The predicted molar refractivity (Wildman–Crippen MR) is 75.3 cm³/mol. The van der Waals surface area contributed by atoms with Crippen molar-refractivity contribution in [2.24, 2.45) is 11.7 Å². The number of rotatable bonds is 2. The Morgan fingerprint density at radius 1 is 1.39 bits per heavy atom. The SMILES string of the molecule is CC1CCCC(N)(C(=O)c2ccc(Cl)c(Cl)c2)C1. The van der Waals surface area contributed by atoms with Crippen LogP contribution in [-0.4, -0.2) is 11.3 Å². The summed E-state index contributed by atoms with van der Waals surface area (Å²) in [6.07, 6.45) is 3.64. The van der Waals surface area contributed by atoms with Crippen LogP contribution in [0, 0.1) is 5.92 Å². The van der Waals surface area contributed by atoms with Crippen molar-refractivity contribution >= 4 is 29.0 Å². The van der Waals surface area contributed by atoms with Gasteiger partial charge in [-0.05, 0) is 37.0 Å². The number of carbonyl (C=O) groups is 1. The molecule has 1 saturated carbocycles. The van der Waals surface area contributed by atoms with Gasteiger partial charge in [0.2, 0.25) is 0 Å². The third-order valence-electron chi connectivity index (χ3n) is 3.67. The van der Waals surface area contributed by atoms with Gasteiger partial charge in [-0.1, -0.05) is 43.0 Å². The molecule has 1 aliphatic rings. The second-order valence-corrected chi connectivity index (χ2v) is 6.13. The van der Waals surface area contributed by atoms with Crippen LogP contribution in [0.15, 0.2) is 18.2 Å². The van der Waals surface area contributed by atoms with E-state index in [0.717, 1.165) is 25.7 Å². The van der Waals surface area contributed by atoms with Gasteiger partial charge >= 0.3 is 0 Å². The Kier molecular flexibility index (Phi) is 4.00. The number of carbonyl (C=O) groups excluding carboxylic acids is 1. The quantitative estimate of drug-likeness (QED) is 0.832. The summed E-state index contributed by atoms with van der Waals surface area (Å²) in [5, 5.41) is 0.853. The van der Waals surface area contributed by atoms with Crippen LogP contribution in [0.1, 0.15) is 43.0 Å². The van der Waals surface area contributed by atoms with Gasteiger partial charge in [0.1, 0.15) is 0 Å². The van der Waals surface area contributed by atoms with Crippen molar-refractivity contribution in [1.82, 2.24) is 0 Å². The highest BCUT2D eigenvalue weighted by atomic mass is 35.5. The summed E-state index contributed by atoms with van der Waals surface area (Å²) < 4.78 is 0. The smallest absolute Gasteiger partial charge is 0.182 e. The molecule has 2 N–H and O–H groups in total. The lowest BCUT2D eigenvalue weighted by Gasteiger charge is -2.35. The van der Waals surface area contributed by atoms with Crippen LogP contribution in [0.5, 0.6) is 0 Å². The Balaban J connectivity index is 2.27. The molecule has 0 spiro atoms. The molecule has 2 rings (SSSR count). The fourth-order valence-corrected chi connectivity index (χ4v) is 3.02. The first kappa shape index (κ1) is 13.9. The van der Waals surface area contributed by atoms with Gasteiger partial charge in [0.25, 0.3) is 0 Å². The molecule has 1 aromatic rings. The minimum atomic E-state index is -0.741. The van der Waals surface area contributed by atoms with Crippen molar-refractivity contribution in [3.63, 3.8) is 0 Å². The third-order valence-corrected chi connectivity index (χ3v) is 4.41. The Morgan fingerprint density at radius 3 is 2.72 bits per heavy atom. The zero-order valence-corrected chi connectivity index (χ0v) is 11.9. The van der Waals surface area contributed by atoms with Crippen molar-refractivity contribution < 1.29 is 4.79 Å². The molecule has 0 heterocycles. The van der Waals surface area contributed by atoms with Crippen LogP contribution in [0.3, 0.4) is 0 Å². The number of ketones is 1. The molecule has 0 amide bonds. The summed E-state index contributed by atoms with van der Waals surface area (Å²) in [4.78, 5) is 12.5. The number of hydrogen-bond acceptors (Lipinski definition) is 2. The van der Waals surface area contributed by atoms with Gasteiger partial charge in [-0.3, -0.25) is 4.79 Å². The summed E-state index contributed by atoms with van der Waals surface area (Å²) in [5.41, 5.74) is 6.10. The van der Waals surface area contributed by atoms with E-state index in [4.69, 9.17) is 28.9 Å². The van der Waals surface area contributed by atoms with E-state index in [1.54, 1.807) is 18.2 Å². The van der Waals surface area contributed by atoms with E-state index in [-0.39, 0.29) is 5.78 Å². The molecular weight excluding hydrogens is 269 g/mol. The second kappa shape index (κ2) is 5.20. The fraction of sp³-hybridized carbons (Fsp3) is 0.500. The van der Waals surface area contributed by atoms with E-state index < -0.39 is 5.54 Å². The van der Waals surface area contributed by atoms with Gasteiger partial charge in [-0.15, -0.1) is 0 Å². The predicted octanol–water partition coefficient (Wildman–Crippen LogP) is 4.08. The molecule has 0 aromatic heterocycles. The Morgan fingerprint density at radius 2 is 2.11 bits per heavy atom. The van der Waals surface area contributed by atoms with Crippen LogP contribution in [-0.2, 0) is 0 Å². The minimum Gasteiger partial charge on any atom is -0.319 e. The van der Waals surface area contributed by atoms with Gasteiger partial charge in [-0.25, -0.2) is 0 Å². The Hall–Kier alpha value is -0.570. The molecule has 1 fully saturated rings. The van der Waals surface area contributed by atoms with Gasteiger partial charge in [0, 0.05) is 5.56 Å². The van der Waals surface area contributed by atoms with Crippen molar-refractivity contribution in [3.05, 3.63) is 33.8 Å². The average Bonchev–Trinajstić information content (AvgIpc) is 2.31. The van der Waals surface area contributed by atoms with Crippen LogP contribution >= 0.6 is 23.2 Å². The van der Waals surface area contributed by atoms with E-state index in [1.807, 2.05) is 0 Å². The Labute approximate surface area is 117 Å². The molecular formula is C14H17Cl2NO. The summed E-state index contributed by atoms with van der Waals surface area (Å²) in [7, 11) is 0. The monoisotopic (exact) mass is 285 g/mol. The van der Waals surface area contributed by atoms with E-state index in [1.165, 1.54) is 0 Å². The van der Waals surface area contributed by atoms with Gasteiger partial charge in [0.15, 0.2) is 5.78 Å². The molecule has 4 heteroatoms. The average molecular weight is 286 g/mol. The normalized spacial score (nSPS) is 28.1. The van der Waals surface area contributed by atoms with E-state index >= 15 is 0 Å². The lowest BCUT2D eigenvalue weighted by atomic mass is 9.73. The fourth-order valence-electron chi connectivity index (χ4n) is 2.72. The number of nitrogens with two attached hydrogens (primary N) is 1. The summed E-state index contributed by atoms with van der Waals surface area (Å²) in [5.74, 6) is 0.475. The van der Waals surface area contributed by atoms with Gasteiger partial charge < -0.3 is 5.73 Å². The highest BCUT2D eigenvalue weighted by Gasteiger charge is 2.38. The number of Topliss-reactive ketones (excluding diaryl/α,β-unsaturated/α-hetero) is 1. The van der Waals surface area contributed by atoms with Gasteiger partial charge in [-0.2, -0.15) is 0 Å². The highest BCUT2D eigenvalue weighted by Crippen LogP contribution is 2.34. The molecule has 2 nitrogen and oxygen atoms in total. The van der Waals surface area contributed by atoms with Crippen molar-refractivity contribution in [2.75, 3.05) is 0 Å². The molecule has 1 aliphatic carbocycles. The summed E-state index contributed by atoms with van der Waals surface area (Å²) in [6.45, 7) is 2.14. The zero-order chi connectivity index (χ0) is 13.3. The molecule has 18 heavy (non-hydrogen) atoms. The molecule has 2 unspecified atom stereocenters. The zero-order valence-electron chi connectivity index (χ0n) is 10.4. The third kappa shape index (κ3) is 2.71. The molecule has 98 valence electrons. The molecule has 0 aliphatic heterocycles. The molecule has 0 saturated heterocycles. The maximum atomic E-state index is 12.5. The minimum absolute atomic E-state index is 0.0207. The Bertz CT molecular complexity index is 475. The first-order valence-corrected chi connectivity index (χ1v) is 6.97. The highest BCUT2D eigenvalue weighted by molar-refractivity contribution is 6.42. The van der Waals surface area contributed by atoms with E-state index in [9.17, 15) is 4.79 Å². The molecule has 0 radical (unpaired) electrons. The molecule has 1 aromatic carbocycles. The standard InChI is InChI=1S/C14H17Cl2NO/c1-9-3-2-6-14(17,8-9)13(18)10-4-5-11(15)12(16)7-10/h4-5,7,9H,2-3,6,8,17H2,1H3. The lowest BCUT2D eigenvalue weighted by molar-refractivity contribution is 0.0819. The maximum absolute atomic E-state index is 12.5. The summed E-state index contributed by atoms with van der Waals surface area (Å²) in [6, 6.07) is 4.96. The van der Waals surface area contributed by atoms with Crippen molar-refractivity contribution in [3.8, 4) is 0 Å². The van der Waals surface area contributed by atoms with Crippen molar-refractivity contribution in [1.29, 1.82) is 0 Å². The largest absolute Gasteiger partial charge is 0.319 e. The first-order chi connectivity index (χ1) is 8.42. The van der Waals surface area contributed by atoms with E-state index in [2.05, 4.69) is 6.92 Å². The number of benzene rings is 1. The van der Waals surface area contributed by atoms with Crippen LogP contribution < -0.4 is 5.73 Å². The molecule has 2 atom stereocenters. The maximum Gasteiger partial charge on any atom is 0.182 e. The first-order valence-electron chi connectivity index (χ1n) is 6.21. The van der Waals surface area contributed by atoms with Crippen LogP contribution in [0.4, 0.5) is 0 Å². The van der Waals surface area contributed by atoms with Crippen LogP contribution in [0.2, 0.25) is 10.0 Å². The second-order valence-electron chi connectivity index (χ2n) is 5.32. The topological polar surface area (TPSA) is 43.1 Å². The summed E-state index contributed by atoms with van der Waals surface area (Å²) >= 11 is 11.8. The van der Waals surface area contributed by atoms with E-state index in [0.29, 0.717) is 21.5 Å². The van der Waals surface area contributed by atoms with Gasteiger partial charge in [0.05, 0.1) is 15.6 Å². The van der Waals surface area contributed by atoms with Crippen molar-refractivity contribution in [2.45, 2.75) is 38.1 Å². The van der Waals surface area contributed by atoms with Crippen LogP contribution in [0.25, 0.3) is 0 Å². The lowest BCUT2D eigenvalue weighted by Crippen LogP contribution is -2.51. The number of halogens is 2. The number of hydrogen-bond donors (Lipinski definition) is 1.